The zero-order valence-corrected chi connectivity index (χ0v) is 35.2. The third kappa shape index (κ3) is 7.69. The van der Waals surface area contributed by atoms with Crippen LogP contribution in [0.5, 0.6) is 0 Å². The number of nitrogens with zero attached hydrogens (tertiary/aromatic N) is 10. The van der Waals surface area contributed by atoms with Crippen molar-refractivity contribution in [2.75, 3.05) is 0 Å². The van der Waals surface area contributed by atoms with Crippen molar-refractivity contribution < 1.29 is 43.9 Å². The van der Waals surface area contributed by atoms with Crippen LogP contribution in [0.3, 0.4) is 0 Å². The van der Waals surface area contributed by atoms with E-state index in [0.717, 1.165) is 72.8 Å². The maximum absolute atomic E-state index is 16.4. The van der Waals surface area contributed by atoms with Crippen LogP contribution in [-0.4, -0.2) is 11.4 Å². The molecule has 0 aliphatic carbocycles. The van der Waals surface area contributed by atoms with Crippen molar-refractivity contribution in [3.8, 4) is 42.5 Å². The van der Waals surface area contributed by atoms with Gasteiger partial charge in [0.05, 0.1) is 105 Å². The number of hydrogen-bond acceptors (Lipinski definition) is 9. The standard InChI is InChI=1S/C52H12F10N10/c1-70-32-12-27(20-69)11-31(13-32)34(30-9-25(18-67)4-26(10-30)19-68)36-50(38-41(55)45(59)48(62)46(60)42(38)56)72-51-35(49(71-52(36)51)37-39(53)43(57)47(61)44(58)40(37)54)33(28-5-21(14-63)2-22(6-28)15-64)29-7-23(16-65)3-24(8-29)17-66/h2-13H/b36-34+. The molecule has 8 rings (SSSR count). The second-order valence-corrected chi connectivity index (χ2v) is 15.1. The molecule has 2 aliphatic heterocycles. The number of hydrogen-bond donors (Lipinski definition) is 0. The molecule has 0 aromatic heterocycles. The van der Waals surface area contributed by atoms with E-state index >= 15 is 35.1 Å². The van der Waals surface area contributed by atoms with E-state index in [1.54, 1.807) is 42.5 Å². The smallest absolute Gasteiger partial charge is 0.200 e. The maximum atomic E-state index is 16.4. The van der Waals surface area contributed by atoms with E-state index in [4.69, 9.17) is 6.57 Å². The molecule has 6 aromatic carbocycles. The van der Waals surface area contributed by atoms with Crippen molar-refractivity contribution in [1.82, 2.24) is 0 Å². The van der Waals surface area contributed by atoms with Crippen molar-refractivity contribution in [1.29, 1.82) is 36.8 Å². The lowest BCUT2D eigenvalue weighted by molar-refractivity contribution is 0.377. The fourth-order valence-corrected chi connectivity index (χ4v) is 7.97. The van der Waals surface area contributed by atoms with Crippen LogP contribution < -0.4 is 0 Å². The number of allylic oxidation sites excluding steroid dienone is 2. The fraction of sp³-hybridized carbons (Fsp3) is 0. The number of aliphatic imine (C=N–C) groups is 2. The van der Waals surface area contributed by atoms with E-state index < -0.39 is 114 Å². The second-order valence-electron chi connectivity index (χ2n) is 15.1. The lowest BCUT2D eigenvalue weighted by Crippen LogP contribution is -2.18. The van der Waals surface area contributed by atoms with Gasteiger partial charge in [0.15, 0.2) is 52.2 Å². The average molecular weight is 967 g/mol. The highest BCUT2D eigenvalue weighted by Gasteiger charge is 2.44. The molecule has 2 heterocycles. The molecular formula is C52H12F10N10. The van der Waals surface area contributed by atoms with Crippen molar-refractivity contribution in [2.24, 2.45) is 9.98 Å². The van der Waals surface area contributed by atoms with Crippen LogP contribution in [-0.2, 0) is 0 Å². The molecule has 0 amide bonds. The minimum atomic E-state index is -2.66. The summed E-state index contributed by atoms with van der Waals surface area (Å²) in [4.78, 5) is 11.9. The Balaban J connectivity index is 1.74. The highest BCUT2D eigenvalue weighted by Crippen LogP contribution is 2.50. The predicted molar refractivity (Wildman–Crippen MR) is 230 cm³/mol. The van der Waals surface area contributed by atoms with Crippen LogP contribution in [0.15, 0.2) is 105 Å². The summed E-state index contributed by atoms with van der Waals surface area (Å²) in [6.07, 6.45) is 0. The number of nitriles is 7. The van der Waals surface area contributed by atoms with Gasteiger partial charge >= 0.3 is 0 Å². The second kappa shape index (κ2) is 18.3. The van der Waals surface area contributed by atoms with Crippen molar-refractivity contribution in [2.45, 2.75) is 0 Å². The topological polar surface area (TPSA) is 196 Å². The van der Waals surface area contributed by atoms with Gasteiger partial charge in [0.2, 0.25) is 11.6 Å². The Bertz CT molecular complexity index is 3480. The number of rotatable bonds is 6. The largest absolute Gasteiger partial charge is 0.244 e. The Hall–Kier alpha value is -10.9. The average Bonchev–Trinajstić information content (AvgIpc) is 3.93. The molecule has 20 heteroatoms. The first-order valence-electron chi connectivity index (χ1n) is 19.7. The molecule has 0 N–H and O–H groups in total. The molecule has 6 aromatic rings. The summed E-state index contributed by atoms with van der Waals surface area (Å²) in [5.41, 5.74) is -15.5. The molecule has 0 saturated heterocycles. The molecule has 340 valence electrons. The Kier molecular flexibility index (Phi) is 12.1. The summed E-state index contributed by atoms with van der Waals surface area (Å²) in [6, 6.07) is 24.8. The van der Waals surface area contributed by atoms with Gasteiger partial charge in [-0.3, -0.25) is 0 Å². The van der Waals surface area contributed by atoms with E-state index in [0.29, 0.717) is 0 Å². The van der Waals surface area contributed by atoms with Gasteiger partial charge in [0, 0.05) is 22.3 Å². The first-order valence-corrected chi connectivity index (χ1v) is 19.7. The predicted octanol–water partition coefficient (Wildman–Crippen LogP) is 11.3. The van der Waals surface area contributed by atoms with Crippen LogP contribution in [0.25, 0.3) is 16.0 Å². The van der Waals surface area contributed by atoms with E-state index in [1.807, 2.05) is 0 Å². The Morgan fingerprint density at radius 1 is 0.347 bits per heavy atom. The molecule has 0 fully saturated rings. The first kappa shape index (κ1) is 47.6. The Labute approximate surface area is 397 Å². The van der Waals surface area contributed by atoms with Gasteiger partial charge in [-0.15, -0.1) is 0 Å². The molecule has 2 aliphatic rings. The summed E-state index contributed by atoms with van der Waals surface area (Å²) in [6.45, 7) is 7.77. The third-order valence-electron chi connectivity index (χ3n) is 10.9. The number of halogens is 10. The Morgan fingerprint density at radius 2 is 0.583 bits per heavy atom. The minimum absolute atomic E-state index is 0.327. The van der Waals surface area contributed by atoms with Crippen LogP contribution in [0.1, 0.15) is 72.3 Å². The Morgan fingerprint density at radius 3 is 0.833 bits per heavy atom. The number of benzene rings is 6. The summed E-state index contributed by atoms with van der Waals surface area (Å²) in [7, 11) is 0. The fourth-order valence-electron chi connectivity index (χ4n) is 7.97. The summed E-state index contributed by atoms with van der Waals surface area (Å²) < 4.78 is 157. The van der Waals surface area contributed by atoms with Crippen LogP contribution in [0.2, 0.25) is 0 Å². The van der Waals surface area contributed by atoms with E-state index in [2.05, 4.69) is 14.8 Å². The quantitative estimate of drug-likeness (QED) is 0.0685. The lowest BCUT2D eigenvalue weighted by atomic mass is 9.84. The molecule has 0 spiro atoms. The van der Waals surface area contributed by atoms with E-state index in [9.17, 15) is 45.6 Å². The summed E-state index contributed by atoms with van der Waals surface area (Å²) >= 11 is 0. The molecule has 0 atom stereocenters. The molecule has 0 radical (unpaired) electrons. The molecule has 10 nitrogen and oxygen atoms in total. The summed E-state index contributed by atoms with van der Waals surface area (Å²) in [5.74, 6) is -25.7. The zero-order valence-electron chi connectivity index (χ0n) is 35.2. The van der Waals surface area contributed by atoms with Gasteiger partial charge in [0.25, 0.3) is 0 Å². The molecular weight excluding hydrogens is 955 g/mol. The molecule has 0 unspecified atom stereocenters. The van der Waals surface area contributed by atoms with Gasteiger partial charge in [-0.05, 0) is 101 Å². The molecule has 72 heavy (non-hydrogen) atoms. The summed E-state index contributed by atoms with van der Waals surface area (Å²) in [5, 5.41) is 70.5. The van der Waals surface area contributed by atoms with Crippen molar-refractivity contribution in [3.63, 3.8) is 0 Å². The highest BCUT2D eigenvalue weighted by molar-refractivity contribution is 6.30. The van der Waals surface area contributed by atoms with Crippen molar-refractivity contribution >= 4 is 28.3 Å². The van der Waals surface area contributed by atoms with Crippen molar-refractivity contribution in [3.05, 3.63) is 237 Å². The van der Waals surface area contributed by atoms with Crippen LogP contribution in [0, 0.1) is 144 Å². The molecule has 0 bridgehead atoms. The van der Waals surface area contributed by atoms with Gasteiger partial charge in [-0.1, -0.05) is 0 Å². The highest BCUT2D eigenvalue weighted by atomic mass is 19.2. The van der Waals surface area contributed by atoms with Crippen LogP contribution in [0.4, 0.5) is 49.6 Å². The first-order chi connectivity index (χ1) is 34.5. The monoisotopic (exact) mass is 966 g/mol. The van der Waals surface area contributed by atoms with Gasteiger partial charge in [-0.2, -0.15) is 36.8 Å². The molecule has 0 saturated carbocycles. The third-order valence-corrected chi connectivity index (χ3v) is 10.9. The maximum Gasteiger partial charge on any atom is 0.200 e. The SMILES string of the molecule is [C-]#[N+]c1cc(C#N)cc(/C(=C2\C(c3c(F)c(F)c(F)c(F)c3F)=NC3=C2N=C(c2c(F)c(F)c(F)c(F)c2F)C3=C(c2cc(C#N)cc(C#N)c2)c2cc(C#N)cc(C#N)c2)c2cc(C#N)cc(C#N)c2)c1. The van der Waals surface area contributed by atoms with E-state index in [1.165, 1.54) is 0 Å². The van der Waals surface area contributed by atoms with Gasteiger partial charge < -0.3 is 0 Å². The van der Waals surface area contributed by atoms with Gasteiger partial charge in [-0.25, -0.2) is 58.7 Å². The lowest BCUT2D eigenvalue weighted by Gasteiger charge is -2.19. The van der Waals surface area contributed by atoms with Crippen LogP contribution >= 0.6 is 0 Å². The zero-order chi connectivity index (χ0) is 52.0. The van der Waals surface area contributed by atoms with Gasteiger partial charge in [0.1, 0.15) is 11.4 Å². The normalized spacial score (nSPS) is 13.0. The van der Waals surface area contributed by atoms with E-state index in [-0.39, 0.29) is 66.9 Å². The minimum Gasteiger partial charge on any atom is -0.244 e.